The third kappa shape index (κ3) is 4.24. The maximum atomic E-state index is 12.7. The number of alkyl halides is 6. The van der Waals surface area contributed by atoms with Gasteiger partial charge in [0.1, 0.15) is 0 Å². The summed E-state index contributed by atoms with van der Waals surface area (Å²) in [6.07, 6.45) is -7.62. The van der Waals surface area contributed by atoms with Gasteiger partial charge in [-0.05, 0) is 35.9 Å². The zero-order chi connectivity index (χ0) is 19.8. The van der Waals surface area contributed by atoms with Gasteiger partial charge in [-0.25, -0.2) is 0 Å². The van der Waals surface area contributed by atoms with E-state index in [4.69, 9.17) is 11.6 Å². The fourth-order valence-electron chi connectivity index (χ4n) is 2.55. The van der Waals surface area contributed by atoms with E-state index in [2.05, 4.69) is 4.98 Å². The molecular weight excluding hydrogens is 392 g/mol. The second-order valence-electron chi connectivity index (χ2n) is 5.70. The Kier molecular flexibility index (Phi) is 4.90. The predicted molar refractivity (Wildman–Crippen MR) is 90.1 cm³/mol. The smallest absolute Gasteiger partial charge is 0.254 e. The first-order valence-corrected chi connectivity index (χ1v) is 7.94. The summed E-state index contributed by atoms with van der Waals surface area (Å²) in [6.45, 7) is 0. The number of benzene rings is 2. The highest BCUT2D eigenvalue weighted by Crippen LogP contribution is 2.36. The number of nitrogens with zero attached hydrogens (tertiary/aromatic N) is 1. The van der Waals surface area contributed by atoms with Crippen LogP contribution < -0.4 is 0 Å². The summed E-state index contributed by atoms with van der Waals surface area (Å²) >= 11 is 5.95. The molecule has 1 nitrogen and oxygen atoms in total. The number of hydrogen-bond donors (Lipinski definition) is 0. The van der Waals surface area contributed by atoms with Gasteiger partial charge < -0.3 is 0 Å². The summed E-state index contributed by atoms with van der Waals surface area (Å²) in [5.41, 5.74) is -0.0973. The van der Waals surface area contributed by atoms with Crippen LogP contribution in [-0.4, -0.2) is 4.98 Å². The van der Waals surface area contributed by atoms with E-state index >= 15 is 0 Å². The number of aromatic nitrogens is 1. The molecule has 0 spiro atoms. The average Bonchev–Trinajstić information content (AvgIpc) is 2.60. The van der Waals surface area contributed by atoms with Crippen molar-refractivity contribution in [3.05, 3.63) is 76.9 Å². The number of rotatable bonds is 2. The van der Waals surface area contributed by atoms with Gasteiger partial charge in [-0.1, -0.05) is 35.9 Å². The van der Waals surface area contributed by atoms with Crippen LogP contribution in [0.3, 0.4) is 0 Å². The summed E-state index contributed by atoms with van der Waals surface area (Å²) in [7, 11) is 0. The van der Waals surface area contributed by atoms with Crippen LogP contribution >= 0.6 is 11.6 Å². The quantitative estimate of drug-likeness (QED) is 0.417. The number of hydrogen-bond acceptors (Lipinski definition) is 1. The first-order chi connectivity index (χ1) is 12.6. The maximum absolute atomic E-state index is 12.7. The largest absolute Gasteiger partial charge is 0.416 e. The van der Waals surface area contributed by atoms with Gasteiger partial charge in [0.15, 0.2) is 0 Å². The average molecular weight is 402 g/mol. The molecule has 0 saturated heterocycles. The molecular formula is C19H10ClF6N. The number of halogens is 7. The topological polar surface area (TPSA) is 12.9 Å². The van der Waals surface area contributed by atoms with Gasteiger partial charge in [0.2, 0.25) is 0 Å². The predicted octanol–water partition coefficient (Wildman–Crippen LogP) is 7.11. The molecule has 2 aromatic carbocycles. The first-order valence-electron chi connectivity index (χ1n) is 7.56. The lowest BCUT2D eigenvalue weighted by atomic mass is 9.98. The third-order valence-electron chi connectivity index (χ3n) is 3.86. The van der Waals surface area contributed by atoms with Crippen molar-refractivity contribution in [2.45, 2.75) is 12.4 Å². The summed E-state index contributed by atoms with van der Waals surface area (Å²) in [4.78, 5) is 4.15. The Bertz CT molecular complexity index is 944. The van der Waals surface area contributed by atoms with Crippen molar-refractivity contribution in [1.82, 2.24) is 4.98 Å². The molecule has 0 saturated carbocycles. The van der Waals surface area contributed by atoms with Gasteiger partial charge >= 0.3 is 12.4 Å². The van der Waals surface area contributed by atoms with Crippen LogP contribution in [0, 0.1) is 0 Å². The molecule has 0 bridgehead atoms. The Morgan fingerprint density at radius 2 is 1.11 bits per heavy atom. The molecule has 8 heteroatoms. The lowest BCUT2D eigenvalue weighted by Crippen LogP contribution is -2.04. The molecule has 0 unspecified atom stereocenters. The summed E-state index contributed by atoms with van der Waals surface area (Å²) in [5.74, 6) is 0. The van der Waals surface area contributed by atoms with E-state index in [-0.39, 0.29) is 5.02 Å². The molecule has 0 aliphatic carbocycles. The van der Waals surface area contributed by atoms with Gasteiger partial charge in [0.05, 0.1) is 21.8 Å². The zero-order valence-electron chi connectivity index (χ0n) is 13.4. The Morgan fingerprint density at radius 3 is 1.56 bits per heavy atom. The molecule has 1 aromatic heterocycles. The van der Waals surface area contributed by atoms with Crippen LogP contribution in [0.15, 0.2) is 60.8 Å². The van der Waals surface area contributed by atoms with E-state index in [9.17, 15) is 26.3 Å². The molecule has 0 aliphatic heterocycles. The molecule has 0 atom stereocenters. The van der Waals surface area contributed by atoms with E-state index in [1.807, 2.05) is 0 Å². The minimum atomic E-state index is -4.47. The monoisotopic (exact) mass is 401 g/mol. The molecule has 0 N–H and O–H groups in total. The van der Waals surface area contributed by atoms with Crippen LogP contribution in [0.5, 0.6) is 0 Å². The van der Waals surface area contributed by atoms with E-state index in [1.165, 1.54) is 36.5 Å². The van der Waals surface area contributed by atoms with Crippen molar-refractivity contribution in [3.63, 3.8) is 0 Å². The van der Waals surface area contributed by atoms with Gasteiger partial charge in [-0.15, -0.1) is 0 Å². The SMILES string of the molecule is FC(F)(F)c1ccc(-c2cc(Cl)cnc2-c2ccc(C(F)(F)F)cc2)cc1. The van der Waals surface area contributed by atoms with Crippen molar-refractivity contribution >= 4 is 11.6 Å². The fourth-order valence-corrected chi connectivity index (χ4v) is 2.70. The molecule has 0 amide bonds. The third-order valence-corrected chi connectivity index (χ3v) is 4.07. The summed E-state index contributed by atoms with van der Waals surface area (Å²) in [5, 5.41) is 0.251. The fraction of sp³-hybridized carbons (Fsp3) is 0.105. The van der Waals surface area contributed by atoms with Gasteiger partial charge in [0.25, 0.3) is 0 Å². The van der Waals surface area contributed by atoms with E-state index in [0.29, 0.717) is 22.4 Å². The normalized spacial score (nSPS) is 12.3. The maximum Gasteiger partial charge on any atom is 0.416 e. The molecule has 1 heterocycles. The Morgan fingerprint density at radius 1 is 0.667 bits per heavy atom. The van der Waals surface area contributed by atoms with Crippen LogP contribution in [-0.2, 0) is 12.4 Å². The highest BCUT2D eigenvalue weighted by Gasteiger charge is 2.31. The highest BCUT2D eigenvalue weighted by molar-refractivity contribution is 6.30. The van der Waals surface area contributed by atoms with Gasteiger partial charge in [-0.3, -0.25) is 4.98 Å². The standard InChI is InChI=1S/C19H10ClF6N/c20-15-9-16(11-1-5-13(6-2-11)18(21,22)23)17(27-10-15)12-3-7-14(8-4-12)19(24,25)26/h1-10H. The Balaban J connectivity index is 2.06. The van der Waals surface area contributed by atoms with E-state index in [1.54, 1.807) is 0 Å². The van der Waals surface area contributed by atoms with Crippen LogP contribution in [0.2, 0.25) is 5.02 Å². The molecule has 27 heavy (non-hydrogen) atoms. The zero-order valence-corrected chi connectivity index (χ0v) is 14.1. The molecule has 3 aromatic rings. The van der Waals surface area contributed by atoms with E-state index in [0.717, 1.165) is 24.3 Å². The number of pyridine rings is 1. The molecule has 140 valence electrons. The van der Waals surface area contributed by atoms with Crippen molar-refractivity contribution in [1.29, 1.82) is 0 Å². The summed E-state index contributed by atoms with van der Waals surface area (Å²) < 4.78 is 76.4. The van der Waals surface area contributed by atoms with Crippen molar-refractivity contribution < 1.29 is 26.3 Å². The van der Waals surface area contributed by atoms with E-state index < -0.39 is 23.5 Å². The first kappa shape index (κ1) is 19.2. The van der Waals surface area contributed by atoms with Crippen LogP contribution in [0.1, 0.15) is 11.1 Å². The molecule has 3 rings (SSSR count). The molecule has 0 fully saturated rings. The second-order valence-corrected chi connectivity index (χ2v) is 6.14. The van der Waals surface area contributed by atoms with Gasteiger partial charge in [-0.2, -0.15) is 26.3 Å². The summed E-state index contributed by atoms with van der Waals surface area (Å²) in [6, 6.07) is 10.2. The Hall–Kier alpha value is -2.54. The minimum absolute atomic E-state index is 0.251. The highest BCUT2D eigenvalue weighted by atomic mass is 35.5. The van der Waals surface area contributed by atoms with Crippen LogP contribution in [0.25, 0.3) is 22.4 Å². The second kappa shape index (κ2) is 6.88. The lowest BCUT2D eigenvalue weighted by Gasteiger charge is -2.12. The molecule has 0 radical (unpaired) electrons. The van der Waals surface area contributed by atoms with Crippen molar-refractivity contribution in [2.24, 2.45) is 0 Å². The van der Waals surface area contributed by atoms with Crippen molar-refractivity contribution in [3.8, 4) is 22.4 Å². The lowest BCUT2D eigenvalue weighted by molar-refractivity contribution is -0.138. The van der Waals surface area contributed by atoms with Crippen molar-refractivity contribution in [2.75, 3.05) is 0 Å². The Labute approximate surface area is 155 Å². The van der Waals surface area contributed by atoms with Gasteiger partial charge in [0, 0.05) is 17.3 Å². The molecule has 0 aliphatic rings. The van der Waals surface area contributed by atoms with Crippen LogP contribution in [0.4, 0.5) is 26.3 Å². The minimum Gasteiger partial charge on any atom is -0.254 e.